The number of anilines is 2. The largest absolute Gasteiger partial charge is 0.375 e. The number of H-pyrrole nitrogens is 1. The molecule has 3 N–H and O–H groups in total. The van der Waals surface area contributed by atoms with Crippen molar-refractivity contribution in [2.75, 3.05) is 37.3 Å². The van der Waals surface area contributed by atoms with E-state index in [0.717, 1.165) is 47.4 Å². The Balaban J connectivity index is 1.29. The first-order valence-corrected chi connectivity index (χ1v) is 15.8. The summed E-state index contributed by atoms with van der Waals surface area (Å²) in [5, 5.41) is 14.0. The minimum absolute atomic E-state index is 0.0835. The lowest BCUT2D eigenvalue weighted by atomic mass is 10.0. The summed E-state index contributed by atoms with van der Waals surface area (Å²) in [6.45, 7) is 8.80. The Hall–Kier alpha value is -4.28. The molecule has 2 fully saturated rings. The van der Waals surface area contributed by atoms with Gasteiger partial charge in [-0.2, -0.15) is 5.10 Å². The predicted octanol–water partition coefficient (Wildman–Crippen LogP) is 6.74. The zero-order valence-electron chi connectivity index (χ0n) is 25.5. The number of likely N-dealkylation sites (N-methyl/N-ethyl adjacent to an activating group) is 1. The lowest BCUT2D eigenvalue weighted by Gasteiger charge is -2.36. The van der Waals surface area contributed by atoms with Gasteiger partial charge in [0.15, 0.2) is 0 Å². The van der Waals surface area contributed by atoms with Crippen molar-refractivity contribution in [3.05, 3.63) is 98.2 Å². The number of amides is 1. The molecule has 4 aromatic rings. The molecule has 0 spiro atoms. The Morgan fingerprint density at radius 3 is 2.70 bits per heavy atom. The van der Waals surface area contributed by atoms with Crippen molar-refractivity contribution in [2.24, 2.45) is 0 Å². The average molecular weight is 613 g/mol. The van der Waals surface area contributed by atoms with Crippen LogP contribution in [0.3, 0.4) is 0 Å². The monoisotopic (exact) mass is 612 g/mol. The number of thiophene rings is 1. The van der Waals surface area contributed by atoms with E-state index in [9.17, 15) is 9.59 Å². The van der Waals surface area contributed by atoms with Crippen molar-refractivity contribution < 1.29 is 9.18 Å². The van der Waals surface area contributed by atoms with Crippen LogP contribution in [-0.4, -0.2) is 58.6 Å². The first-order valence-electron chi connectivity index (χ1n) is 15.0. The van der Waals surface area contributed by atoms with Gasteiger partial charge in [0, 0.05) is 54.4 Å². The van der Waals surface area contributed by atoms with Gasteiger partial charge in [-0.05, 0) is 80.5 Å². The predicted molar refractivity (Wildman–Crippen MR) is 177 cm³/mol. The van der Waals surface area contributed by atoms with Crippen LogP contribution in [0.1, 0.15) is 48.3 Å². The number of piperazine rings is 1. The molecule has 2 aromatic heterocycles. The van der Waals surface area contributed by atoms with E-state index in [4.69, 9.17) is 0 Å². The Labute approximate surface area is 260 Å². The molecule has 10 heteroatoms. The second kappa shape index (κ2) is 12.4. The smallest absolute Gasteiger partial charge is 0.287 e. The fraction of sp³-hybridized carbons (Fsp3) is 0.324. The van der Waals surface area contributed by atoms with Crippen molar-refractivity contribution >= 4 is 38.7 Å². The molecular formula is C34H37FN6O2S. The molecule has 1 saturated heterocycles. The van der Waals surface area contributed by atoms with E-state index >= 15 is 4.39 Å². The summed E-state index contributed by atoms with van der Waals surface area (Å²) in [6.07, 6.45) is 5.50. The van der Waals surface area contributed by atoms with Crippen LogP contribution in [0.5, 0.6) is 0 Å². The highest BCUT2D eigenvalue weighted by atomic mass is 32.1. The lowest BCUT2D eigenvalue weighted by molar-refractivity contribution is 0.103. The van der Waals surface area contributed by atoms with Crippen LogP contribution in [0.15, 0.2) is 76.4 Å². The number of hydrogen-bond donors (Lipinski definition) is 3. The molecule has 44 heavy (non-hydrogen) atoms. The van der Waals surface area contributed by atoms with E-state index in [2.05, 4.69) is 57.6 Å². The van der Waals surface area contributed by atoms with Crippen LogP contribution in [0.2, 0.25) is 0 Å². The number of nitrogens with one attached hydrogen (secondary N) is 3. The maximum atomic E-state index is 15.1. The lowest BCUT2D eigenvalue weighted by Crippen LogP contribution is -2.44. The van der Waals surface area contributed by atoms with Crippen molar-refractivity contribution in [3.63, 3.8) is 0 Å². The fourth-order valence-electron chi connectivity index (χ4n) is 5.52. The maximum absolute atomic E-state index is 15.1. The summed E-state index contributed by atoms with van der Waals surface area (Å²) in [5.41, 5.74) is 4.83. The second-order valence-electron chi connectivity index (χ2n) is 11.6. The first-order chi connectivity index (χ1) is 21.2. The number of fused-ring (bicyclic) bond motifs is 1. The van der Waals surface area contributed by atoms with Crippen LogP contribution in [0.25, 0.3) is 21.3 Å². The Bertz CT molecular complexity index is 1820. The molecule has 1 amide bonds. The molecule has 1 aliphatic carbocycles. The number of benzene rings is 2. The van der Waals surface area contributed by atoms with Gasteiger partial charge in [0.25, 0.3) is 11.5 Å². The summed E-state index contributed by atoms with van der Waals surface area (Å²) < 4.78 is 16.1. The highest BCUT2D eigenvalue weighted by Gasteiger charge is 2.32. The number of carbonyl (C=O) groups is 1. The van der Waals surface area contributed by atoms with Gasteiger partial charge in [-0.15, -0.1) is 11.3 Å². The summed E-state index contributed by atoms with van der Waals surface area (Å²) in [4.78, 5) is 31.4. The number of nitrogens with zero attached hydrogens (tertiary/aromatic N) is 3. The van der Waals surface area contributed by atoms with Crippen LogP contribution in [-0.2, 0) is 0 Å². The van der Waals surface area contributed by atoms with Crippen LogP contribution in [0.4, 0.5) is 15.8 Å². The SMILES string of the molecule is CCC(C)=C(/C=C1/CN(C2CC2)CCN1C)Nc1cc(-c2ccc(F)c(NC(=O)c3cc4ccccc4s3)c2C)n[nH]c1=O. The molecule has 1 aliphatic heterocycles. The molecular weight excluding hydrogens is 575 g/mol. The van der Waals surface area contributed by atoms with Gasteiger partial charge in [-0.3, -0.25) is 14.5 Å². The fourth-order valence-corrected chi connectivity index (χ4v) is 6.48. The molecule has 1 saturated carbocycles. The highest BCUT2D eigenvalue weighted by Crippen LogP contribution is 2.33. The number of aromatic nitrogens is 2. The van der Waals surface area contributed by atoms with Gasteiger partial charge >= 0.3 is 0 Å². The molecule has 2 aliphatic rings. The zero-order valence-corrected chi connectivity index (χ0v) is 26.3. The summed E-state index contributed by atoms with van der Waals surface area (Å²) in [6, 6.07) is 14.8. The molecule has 0 bridgehead atoms. The van der Waals surface area contributed by atoms with Crippen LogP contribution >= 0.6 is 11.3 Å². The summed E-state index contributed by atoms with van der Waals surface area (Å²) in [7, 11) is 2.11. The average Bonchev–Trinajstić information content (AvgIpc) is 3.78. The van der Waals surface area contributed by atoms with Crippen molar-refractivity contribution in [1.29, 1.82) is 0 Å². The van der Waals surface area contributed by atoms with Gasteiger partial charge in [-0.25, -0.2) is 9.49 Å². The summed E-state index contributed by atoms with van der Waals surface area (Å²) in [5.74, 6) is -0.927. The number of hydrogen-bond acceptors (Lipinski definition) is 7. The number of rotatable bonds is 8. The quantitative estimate of drug-likeness (QED) is 0.204. The zero-order chi connectivity index (χ0) is 31.0. The number of carbonyl (C=O) groups excluding carboxylic acids is 1. The Morgan fingerprint density at radius 2 is 1.95 bits per heavy atom. The van der Waals surface area contributed by atoms with Crippen molar-refractivity contribution in [2.45, 2.75) is 46.1 Å². The standard InChI is InChI=1S/C34H37FN6O2S/c1-5-20(2)27(17-24-19-41(23-10-11-23)15-14-40(24)4)36-29-18-28(38-39-33(29)42)25-12-13-26(35)32(21(25)3)37-34(43)31-16-22-8-6-7-9-30(22)44-31/h6-9,12-13,16-18,23H,5,10-11,14-15,19H2,1-4H3,(H,36,38)(H,37,43)(H,39,42)/b24-17-,27-20?. The second-order valence-corrected chi connectivity index (χ2v) is 12.7. The van der Waals surface area contributed by atoms with E-state index in [1.165, 1.54) is 35.9 Å². The Morgan fingerprint density at radius 1 is 1.16 bits per heavy atom. The van der Waals surface area contributed by atoms with Crippen molar-refractivity contribution in [3.8, 4) is 11.3 Å². The molecule has 228 valence electrons. The third kappa shape index (κ3) is 6.18. The number of aromatic amines is 1. The minimum Gasteiger partial charge on any atom is -0.375 e. The van der Waals surface area contributed by atoms with E-state index in [1.54, 1.807) is 25.1 Å². The van der Waals surface area contributed by atoms with Gasteiger partial charge < -0.3 is 15.5 Å². The molecule has 6 rings (SSSR count). The molecule has 0 unspecified atom stereocenters. The highest BCUT2D eigenvalue weighted by molar-refractivity contribution is 7.20. The van der Waals surface area contributed by atoms with Crippen LogP contribution < -0.4 is 16.2 Å². The van der Waals surface area contributed by atoms with Gasteiger partial charge in [0.1, 0.15) is 11.5 Å². The Kier molecular flexibility index (Phi) is 8.38. The van der Waals surface area contributed by atoms with E-state index < -0.39 is 5.82 Å². The molecule has 0 radical (unpaired) electrons. The normalized spacial score (nSPS) is 17.2. The van der Waals surface area contributed by atoms with Crippen molar-refractivity contribution in [1.82, 2.24) is 20.0 Å². The minimum atomic E-state index is -0.546. The van der Waals surface area contributed by atoms with Gasteiger partial charge in [0.2, 0.25) is 0 Å². The number of allylic oxidation sites excluding steroid dienone is 2. The van der Waals surface area contributed by atoms with Gasteiger partial charge in [0.05, 0.1) is 16.3 Å². The van der Waals surface area contributed by atoms with Crippen LogP contribution in [0, 0.1) is 12.7 Å². The third-order valence-electron chi connectivity index (χ3n) is 8.59. The van der Waals surface area contributed by atoms with Gasteiger partial charge in [-0.1, -0.05) is 30.7 Å². The van der Waals surface area contributed by atoms with E-state index in [-0.39, 0.29) is 17.2 Å². The molecule has 0 atom stereocenters. The van der Waals surface area contributed by atoms with E-state index in [0.29, 0.717) is 33.4 Å². The topological polar surface area (TPSA) is 93.4 Å². The molecule has 2 aromatic carbocycles. The molecule has 3 heterocycles. The maximum Gasteiger partial charge on any atom is 0.287 e. The summed E-state index contributed by atoms with van der Waals surface area (Å²) >= 11 is 1.36. The molecule has 8 nitrogen and oxygen atoms in total. The van der Waals surface area contributed by atoms with E-state index in [1.807, 2.05) is 24.3 Å². The third-order valence-corrected chi connectivity index (χ3v) is 9.71. The number of halogens is 1. The first kappa shape index (κ1) is 29.8.